The molecule has 2 aliphatic rings. The zero-order valence-corrected chi connectivity index (χ0v) is 18.2. The van der Waals surface area contributed by atoms with Gasteiger partial charge in [-0.3, -0.25) is 10.2 Å². The van der Waals surface area contributed by atoms with Gasteiger partial charge in [-0.05, 0) is 67.8 Å². The van der Waals surface area contributed by atoms with Crippen LogP contribution in [0.3, 0.4) is 0 Å². The Morgan fingerprint density at radius 1 is 1.23 bits per heavy atom. The summed E-state index contributed by atoms with van der Waals surface area (Å²) >= 11 is 2.62. The Bertz CT molecular complexity index is 1210. The normalized spacial score (nSPS) is 17.9. The van der Waals surface area contributed by atoms with Crippen LogP contribution in [0.1, 0.15) is 22.5 Å². The Morgan fingerprint density at radius 2 is 1.97 bits per heavy atom. The van der Waals surface area contributed by atoms with E-state index in [0.29, 0.717) is 32.2 Å². The average molecular weight is 464 g/mol. The smallest absolute Gasteiger partial charge is 0.318 e. The minimum absolute atomic E-state index is 0.0692. The molecule has 4 rings (SSSR count). The van der Waals surface area contributed by atoms with Gasteiger partial charge in [0.05, 0.1) is 11.1 Å². The Balaban J connectivity index is 1.75. The monoisotopic (exact) mass is 463 g/mol. The number of hydrogen-bond donors (Lipinski definition) is 1. The highest BCUT2D eigenvalue weighted by atomic mass is 32.2. The first kappa shape index (κ1) is 21.4. The van der Waals surface area contributed by atoms with Crippen LogP contribution in [0.4, 0.5) is 13.2 Å². The van der Waals surface area contributed by atoms with Gasteiger partial charge in [0.15, 0.2) is 10.2 Å². The number of rotatable bonds is 2. The van der Waals surface area contributed by atoms with Crippen molar-refractivity contribution in [1.29, 1.82) is 5.41 Å². The summed E-state index contributed by atoms with van der Waals surface area (Å²) in [6.07, 6.45) is -1.07. The second-order valence-electron chi connectivity index (χ2n) is 6.80. The zero-order chi connectivity index (χ0) is 22.5. The van der Waals surface area contributed by atoms with Crippen molar-refractivity contribution in [3.05, 3.63) is 58.4 Å². The van der Waals surface area contributed by atoms with Gasteiger partial charge in [-0.2, -0.15) is 23.2 Å². The summed E-state index contributed by atoms with van der Waals surface area (Å²) in [5.74, 6) is -0.638. The van der Waals surface area contributed by atoms with Crippen molar-refractivity contribution < 1.29 is 18.0 Å². The molecule has 0 atom stereocenters. The van der Waals surface area contributed by atoms with Gasteiger partial charge in [-0.1, -0.05) is 6.07 Å². The molecule has 1 aromatic heterocycles. The first-order chi connectivity index (χ1) is 14.6. The van der Waals surface area contributed by atoms with Crippen LogP contribution in [0, 0.1) is 19.3 Å². The number of fused-ring (bicyclic) bond motifs is 1. The molecule has 0 saturated heterocycles. The molecule has 0 spiro atoms. The molecular formula is C20H16F3N5OS2. The van der Waals surface area contributed by atoms with Crippen LogP contribution < -0.4 is 0 Å². The third-order valence-corrected chi connectivity index (χ3v) is 6.70. The van der Waals surface area contributed by atoms with Crippen molar-refractivity contribution in [2.75, 3.05) is 6.26 Å². The van der Waals surface area contributed by atoms with Gasteiger partial charge < -0.3 is 4.57 Å². The zero-order valence-electron chi connectivity index (χ0n) is 16.6. The van der Waals surface area contributed by atoms with Gasteiger partial charge in [0.25, 0.3) is 5.91 Å². The number of hydrogen-bond acceptors (Lipinski definition) is 5. The van der Waals surface area contributed by atoms with Crippen LogP contribution in [0.5, 0.6) is 0 Å². The minimum Gasteiger partial charge on any atom is -0.318 e. The molecule has 1 aromatic carbocycles. The van der Waals surface area contributed by atoms with Crippen molar-refractivity contribution in [1.82, 2.24) is 9.58 Å². The summed E-state index contributed by atoms with van der Waals surface area (Å²) in [7, 11) is 0. The fourth-order valence-electron chi connectivity index (χ4n) is 3.36. The number of amidine groups is 2. The second-order valence-corrected chi connectivity index (χ2v) is 8.81. The maximum atomic E-state index is 13.1. The number of alkyl halides is 3. The third kappa shape index (κ3) is 3.83. The molecule has 2 aromatic rings. The SMILES string of the molecule is CSC1=NN2C(=N)C(=Cc3cc(C)n(-c4cccc(C(F)(F)F)c4)c3C)C(=O)N=C2S1. The molecule has 160 valence electrons. The van der Waals surface area contributed by atoms with Gasteiger partial charge in [-0.25, -0.2) is 0 Å². The van der Waals surface area contributed by atoms with Crippen molar-refractivity contribution in [2.24, 2.45) is 10.1 Å². The molecule has 2 aliphatic heterocycles. The molecule has 0 fully saturated rings. The average Bonchev–Trinajstić information content (AvgIpc) is 3.25. The molecule has 0 unspecified atom stereocenters. The van der Waals surface area contributed by atoms with Gasteiger partial charge in [-0.15, -0.1) is 16.9 Å². The number of carbonyl (C=O) groups excluding carboxylic acids is 1. The molecule has 0 bridgehead atoms. The number of thioether (sulfide) groups is 2. The number of amides is 1. The van der Waals surface area contributed by atoms with E-state index in [9.17, 15) is 18.0 Å². The van der Waals surface area contributed by atoms with E-state index in [1.165, 1.54) is 40.7 Å². The highest BCUT2D eigenvalue weighted by Gasteiger charge is 2.36. The van der Waals surface area contributed by atoms with Crippen molar-refractivity contribution in [2.45, 2.75) is 20.0 Å². The number of nitrogens with one attached hydrogen (secondary N) is 1. The van der Waals surface area contributed by atoms with Gasteiger partial charge in [0.2, 0.25) is 5.17 Å². The lowest BCUT2D eigenvalue weighted by Crippen LogP contribution is -2.35. The standard InChI is InChI=1S/C20H16F3N5OS2/c1-10-7-12(11(2)27(10)14-6-4-5-13(9-14)20(21,22)23)8-15-16(24)28-18(25-17(15)29)31-19(26-28)30-3/h4-9,24H,1-3H3. The number of aromatic nitrogens is 1. The number of nitrogens with zero attached hydrogens (tertiary/aromatic N) is 4. The molecule has 0 aliphatic carbocycles. The van der Waals surface area contributed by atoms with Crippen LogP contribution in [0.2, 0.25) is 0 Å². The van der Waals surface area contributed by atoms with E-state index in [4.69, 9.17) is 5.41 Å². The highest BCUT2D eigenvalue weighted by Crippen LogP contribution is 2.33. The quantitative estimate of drug-likeness (QED) is 0.633. The Hall–Kier alpha value is -2.79. The number of carbonyl (C=O) groups is 1. The van der Waals surface area contributed by atoms with Crippen LogP contribution >= 0.6 is 23.5 Å². The summed E-state index contributed by atoms with van der Waals surface area (Å²) in [4.78, 5) is 16.6. The van der Waals surface area contributed by atoms with Gasteiger partial charge in [0, 0.05) is 17.1 Å². The summed E-state index contributed by atoms with van der Waals surface area (Å²) in [6.45, 7) is 3.52. The number of hydrazone groups is 1. The lowest BCUT2D eigenvalue weighted by Gasteiger charge is -2.20. The molecule has 6 nitrogen and oxygen atoms in total. The van der Waals surface area contributed by atoms with E-state index in [1.54, 1.807) is 30.5 Å². The summed E-state index contributed by atoms with van der Waals surface area (Å²) in [5, 5.41) is 14.3. The first-order valence-electron chi connectivity index (χ1n) is 9.01. The summed E-state index contributed by atoms with van der Waals surface area (Å²) in [5.41, 5.74) is 1.65. The number of aryl methyl sites for hydroxylation is 1. The van der Waals surface area contributed by atoms with E-state index in [-0.39, 0.29) is 11.4 Å². The largest absolute Gasteiger partial charge is 0.416 e. The molecule has 31 heavy (non-hydrogen) atoms. The predicted octanol–water partition coefficient (Wildman–Crippen LogP) is 5.05. The van der Waals surface area contributed by atoms with Crippen molar-refractivity contribution >= 4 is 50.9 Å². The maximum absolute atomic E-state index is 13.1. The van der Waals surface area contributed by atoms with E-state index in [2.05, 4.69) is 10.1 Å². The predicted molar refractivity (Wildman–Crippen MR) is 119 cm³/mol. The molecule has 1 amide bonds. The first-order valence-corrected chi connectivity index (χ1v) is 11.0. The van der Waals surface area contributed by atoms with E-state index in [0.717, 1.165) is 12.1 Å². The van der Waals surface area contributed by atoms with Crippen molar-refractivity contribution in [3.8, 4) is 5.69 Å². The van der Waals surface area contributed by atoms with Crippen LogP contribution in [-0.2, 0) is 11.0 Å². The number of benzene rings is 1. The minimum atomic E-state index is -4.45. The summed E-state index contributed by atoms with van der Waals surface area (Å²) < 4.78 is 41.8. The lowest BCUT2D eigenvalue weighted by atomic mass is 10.1. The molecule has 1 N–H and O–H groups in total. The Morgan fingerprint density at radius 3 is 2.65 bits per heavy atom. The van der Waals surface area contributed by atoms with Crippen LogP contribution in [0.15, 0.2) is 46.0 Å². The fourth-order valence-corrected chi connectivity index (χ4v) is 4.71. The van der Waals surface area contributed by atoms with Gasteiger partial charge in [0.1, 0.15) is 0 Å². The molecule has 0 saturated carbocycles. The molecule has 11 heteroatoms. The summed E-state index contributed by atoms with van der Waals surface area (Å²) in [6, 6.07) is 6.82. The number of aliphatic imine (C=N–C) groups is 1. The van der Waals surface area contributed by atoms with Crippen molar-refractivity contribution in [3.63, 3.8) is 0 Å². The van der Waals surface area contributed by atoms with E-state index < -0.39 is 17.6 Å². The Kier molecular flexibility index (Phi) is 5.34. The fraction of sp³-hybridized carbons (Fsp3) is 0.200. The van der Waals surface area contributed by atoms with Crippen LogP contribution in [0.25, 0.3) is 11.8 Å². The topological polar surface area (TPSA) is 73.8 Å². The third-order valence-electron chi connectivity index (χ3n) is 4.81. The molecule has 0 radical (unpaired) electrons. The number of halogens is 3. The van der Waals surface area contributed by atoms with Gasteiger partial charge >= 0.3 is 6.18 Å². The lowest BCUT2D eigenvalue weighted by molar-refractivity contribution is -0.137. The molecular weight excluding hydrogens is 447 g/mol. The molecule has 3 heterocycles. The second kappa shape index (κ2) is 7.72. The highest BCUT2D eigenvalue weighted by molar-refractivity contribution is 8.45. The maximum Gasteiger partial charge on any atom is 0.416 e. The van der Waals surface area contributed by atoms with Crippen LogP contribution in [-0.4, -0.2) is 37.1 Å². The van der Waals surface area contributed by atoms with E-state index in [1.807, 2.05) is 6.26 Å². The Labute approximate surface area is 184 Å². The van der Waals surface area contributed by atoms with E-state index >= 15 is 0 Å².